The maximum Gasteiger partial charge on any atom is 0.257 e. The van der Waals surface area contributed by atoms with Crippen LogP contribution in [0.4, 0.5) is 0 Å². The van der Waals surface area contributed by atoms with Crippen LogP contribution in [0.5, 0.6) is 17.2 Å². The summed E-state index contributed by atoms with van der Waals surface area (Å²) >= 11 is 0. The number of nitrogens with one attached hydrogen (secondary N) is 1. The molecule has 0 radical (unpaired) electrons. The zero-order valence-electron chi connectivity index (χ0n) is 17.2. The van der Waals surface area contributed by atoms with Gasteiger partial charge < -0.3 is 19.5 Å². The molecule has 1 aliphatic heterocycles. The van der Waals surface area contributed by atoms with E-state index in [0.29, 0.717) is 24.3 Å². The number of hydrogen-bond acceptors (Lipinski definition) is 5. The molecular formula is C23H30N2O4. The van der Waals surface area contributed by atoms with Gasteiger partial charge in [-0.25, -0.2) is 0 Å². The first kappa shape index (κ1) is 21.1. The van der Waals surface area contributed by atoms with Gasteiger partial charge in [-0.05, 0) is 42.3 Å². The molecule has 3 rings (SSSR count). The maximum absolute atomic E-state index is 12.2. The average molecular weight is 399 g/mol. The Morgan fingerprint density at radius 2 is 1.62 bits per heavy atom. The minimum Gasteiger partial charge on any atom is -0.484 e. The normalized spacial score (nSPS) is 15.7. The van der Waals surface area contributed by atoms with Crippen LogP contribution in [0.1, 0.15) is 13.8 Å². The second-order valence-electron chi connectivity index (χ2n) is 7.44. The molecule has 0 aromatic heterocycles. The molecule has 0 aliphatic carbocycles. The Morgan fingerprint density at radius 3 is 2.28 bits per heavy atom. The molecule has 0 unspecified atom stereocenters. The molecule has 156 valence electrons. The molecule has 1 amide bonds. The van der Waals surface area contributed by atoms with E-state index in [1.54, 1.807) is 12.1 Å². The number of para-hydroxylation sites is 1. The molecule has 6 heteroatoms. The van der Waals surface area contributed by atoms with Gasteiger partial charge in [0.05, 0.1) is 13.2 Å². The second kappa shape index (κ2) is 10.8. The fourth-order valence-electron chi connectivity index (χ4n) is 3.34. The minimum absolute atomic E-state index is 0.00713. The Labute approximate surface area is 172 Å². The van der Waals surface area contributed by atoms with Gasteiger partial charge in [0.15, 0.2) is 6.61 Å². The lowest BCUT2D eigenvalue weighted by Crippen LogP contribution is -2.51. The number of rotatable bonds is 9. The molecule has 1 N–H and O–H groups in total. The lowest BCUT2D eigenvalue weighted by Gasteiger charge is -2.36. The van der Waals surface area contributed by atoms with Crippen LogP contribution in [0.25, 0.3) is 0 Å². The summed E-state index contributed by atoms with van der Waals surface area (Å²) in [6.07, 6.45) is 0. The number of morpholine rings is 1. The summed E-state index contributed by atoms with van der Waals surface area (Å²) in [4.78, 5) is 14.6. The van der Waals surface area contributed by atoms with Gasteiger partial charge in [-0.15, -0.1) is 0 Å². The summed E-state index contributed by atoms with van der Waals surface area (Å²) in [5.74, 6) is 2.47. The predicted octanol–water partition coefficient (Wildman–Crippen LogP) is 3.33. The van der Waals surface area contributed by atoms with Crippen LogP contribution in [0.15, 0.2) is 54.6 Å². The number of carbonyl (C=O) groups is 1. The van der Waals surface area contributed by atoms with E-state index in [-0.39, 0.29) is 12.5 Å². The van der Waals surface area contributed by atoms with E-state index in [2.05, 4.69) is 24.1 Å². The highest BCUT2D eigenvalue weighted by molar-refractivity contribution is 5.77. The van der Waals surface area contributed by atoms with Gasteiger partial charge in [0.1, 0.15) is 17.2 Å². The van der Waals surface area contributed by atoms with Crippen LogP contribution in [-0.4, -0.2) is 56.3 Å². The third-order valence-corrected chi connectivity index (χ3v) is 4.97. The molecule has 0 spiro atoms. The first-order valence-electron chi connectivity index (χ1n) is 10.2. The number of hydrogen-bond donors (Lipinski definition) is 1. The molecule has 0 saturated carbocycles. The standard InChI is InChI=1S/C23H30N2O4/c1-18(2)22(25-12-14-27-15-13-25)16-24-23(26)17-28-19-8-10-21(11-9-19)29-20-6-4-3-5-7-20/h3-11,18,22H,12-17H2,1-2H3,(H,24,26)/t22-/m1/s1. The number of ether oxygens (including phenoxy) is 3. The summed E-state index contributed by atoms with van der Waals surface area (Å²) < 4.78 is 16.8. The average Bonchev–Trinajstić information content (AvgIpc) is 2.75. The smallest absolute Gasteiger partial charge is 0.257 e. The Balaban J connectivity index is 1.42. The van der Waals surface area contributed by atoms with E-state index in [1.807, 2.05) is 42.5 Å². The second-order valence-corrected chi connectivity index (χ2v) is 7.44. The lowest BCUT2D eigenvalue weighted by molar-refractivity contribution is -0.123. The van der Waals surface area contributed by atoms with Crippen molar-refractivity contribution in [3.63, 3.8) is 0 Å². The zero-order chi connectivity index (χ0) is 20.5. The molecule has 1 saturated heterocycles. The monoisotopic (exact) mass is 398 g/mol. The summed E-state index contributed by atoms with van der Waals surface area (Å²) in [5, 5.41) is 3.00. The first-order valence-corrected chi connectivity index (χ1v) is 10.2. The van der Waals surface area contributed by atoms with Gasteiger partial charge in [0.25, 0.3) is 5.91 Å². The summed E-state index contributed by atoms with van der Waals surface area (Å²) in [5.41, 5.74) is 0. The van der Waals surface area contributed by atoms with Crippen molar-refractivity contribution < 1.29 is 19.0 Å². The molecule has 1 aliphatic rings. The summed E-state index contributed by atoms with van der Waals surface area (Å²) in [6.45, 7) is 8.30. The highest BCUT2D eigenvalue weighted by atomic mass is 16.5. The third kappa shape index (κ3) is 6.76. The van der Waals surface area contributed by atoms with Crippen molar-refractivity contribution in [2.75, 3.05) is 39.5 Å². The molecule has 29 heavy (non-hydrogen) atoms. The largest absolute Gasteiger partial charge is 0.484 e. The number of nitrogens with zero attached hydrogens (tertiary/aromatic N) is 1. The number of benzene rings is 2. The molecule has 1 heterocycles. The van der Waals surface area contributed by atoms with E-state index >= 15 is 0 Å². The van der Waals surface area contributed by atoms with Crippen LogP contribution >= 0.6 is 0 Å². The maximum atomic E-state index is 12.2. The molecule has 2 aromatic rings. The SMILES string of the molecule is CC(C)[C@@H](CNC(=O)COc1ccc(Oc2ccccc2)cc1)N1CCOCC1. The highest BCUT2D eigenvalue weighted by Crippen LogP contribution is 2.23. The lowest BCUT2D eigenvalue weighted by atomic mass is 10.0. The van der Waals surface area contributed by atoms with Gasteiger partial charge in [0, 0.05) is 25.7 Å². The van der Waals surface area contributed by atoms with E-state index in [4.69, 9.17) is 14.2 Å². The summed E-state index contributed by atoms with van der Waals surface area (Å²) in [6, 6.07) is 17.2. The number of carbonyl (C=O) groups excluding carboxylic acids is 1. The molecule has 2 aromatic carbocycles. The molecular weight excluding hydrogens is 368 g/mol. The Hall–Kier alpha value is -2.57. The first-order chi connectivity index (χ1) is 14.1. The van der Waals surface area contributed by atoms with Crippen molar-refractivity contribution >= 4 is 5.91 Å². The van der Waals surface area contributed by atoms with Crippen molar-refractivity contribution in [2.45, 2.75) is 19.9 Å². The van der Waals surface area contributed by atoms with Gasteiger partial charge in [-0.2, -0.15) is 0 Å². The molecule has 0 bridgehead atoms. The fourth-order valence-corrected chi connectivity index (χ4v) is 3.34. The quantitative estimate of drug-likeness (QED) is 0.702. The minimum atomic E-state index is -0.117. The van der Waals surface area contributed by atoms with E-state index in [9.17, 15) is 4.79 Å². The van der Waals surface area contributed by atoms with Gasteiger partial charge in [-0.3, -0.25) is 9.69 Å². The van der Waals surface area contributed by atoms with Crippen LogP contribution in [0, 0.1) is 5.92 Å². The van der Waals surface area contributed by atoms with Gasteiger partial charge >= 0.3 is 0 Å². The van der Waals surface area contributed by atoms with E-state index < -0.39 is 0 Å². The van der Waals surface area contributed by atoms with E-state index in [1.165, 1.54) is 0 Å². The fraction of sp³-hybridized carbons (Fsp3) is 0.435. The van der Waals surface area contributed by atoms with Crippen molar-refractivity contribution in [3.8, 4) is 17.2 Å². The van der Waals surface area contributed by atoms with Crippen molar-refractivity contribution in [2.24, 2.45) is 5.92 Å². The topological polar surface area (TPSA) is 60.0 Å². The van der Waals surface area contributed by atoms with E-state index in [0.717, 1.165) is 37.8 Å². The predicted molar refractivity (Wildman–Crippen MR) is 112 cm³/mol. The molecule has 1 fully saturated rings. The van der Waals surface area contributed by atoms with Crippen molar-refractivity contribution in [1.29, 1.82) is 0 Å². The van der Waals surface area contributed by atoms with Crippen LogP contribution in [0.3, 0.4) is 0 Å². The van der Waals surface area contributed by atoms with Gasteiger partial charge in [0.2, 0.25) is 0 Å². The molecule has 6 nitrogen and oxygen atoms in total. The zero-order valence-corrected chi connectivity index (χ0v) is 17.2. The highest BCUT2D eigenvalue weighted by Gasteiger charge is 2.24. The van der Waals surface area contributed by atoms with Crippen molar-refractivity contribution in [1.82, 2.24) is 10.2 Å². The van der Waals surface area contributed by atoms with Crippen molar-refractivity contribution in [3.05, 3.63) is 54.6 Å². The van der Waals surface area contributed by atoms with Crippen LogP contribution < -0.4 is 14.8 Å². The Kier molecular flexibility index (Phi) is 7.90. The van der Waals surface area contributed by atoms with Crippen LogP contribution in [-0.2, 0) is 9.53 Å². The number of amides is 1. The van der Waals surface area contributed by atoms with Crippen LogP contribution in [0.2, 0.25) is 0 Å². The third-order valence-electron chi connectivity index (χ3n) is 4.97. The van der Waals surface area contributed by atoms with Gasteiger partial charge in [-0.1, -0.05) is 32.0 Å². The summed E-state index contributed by atoms with van der Waals surface area (Å²) in [7, 11) is 0. The Bertz CT molecular complexity index is 743. The Morgan fingerprint density at radius 1 is 1.00 bits per heavy atom. The molecule has 1 atom stereocenters.